The number of unbranched alkanes of at least 4 members (excludes halogenated alkanes) is 2. The van der Waals surface area contributed by atoms with Crippen LogP contribution in [-0.2, 0) is 17.6 Å². The number of benzene rings is 2. The number of phenolic OH excluding ortho intramolecular Hbond substituents is 1. The minimum absolute atomic E-state index is 0.437. The van der Waals surface area contributed by atoms with Gasteiger partial charge in [0.15, 0.2) is 0 Å². The fraction of sp³-hybridized carbons (Fsp3) is 0.587. The van der Waals surface area contributed by atoms with Crippen LogP contribution in [0.15, 0.2) is 73.0 Å². The molecule has 0 aliphatic carbocycles. The van der Waals surface area contributed by atoms with E-state index in [-0.39, 0.29) is 0 Å². The average Bonchev–Trinajstić information content (AvgIpc) is 3.08. The lowest BCUT2D eigenvalue weighted by molar-refractivity contribution is -0.106. The summed E-state index contributed by atoms with van der Waals surface area (Å²) in [6.07, 6.45) is 12.5. The number of allylic oxidation sites excluding steroid dienone is 3. The summed E-state index contributed by atoms with van der Waals surface area (Å²) in [6.45, 7) is 45.0. The molecule has 0 unspecified atom stereocenters. The number of rotatable bonds is 12. The molecular formula is C46H85NO2. The van der Waals surface area contributed by atoms with Gasteiger partial charge >= 0.3 is 0 Å². The van der Waals surface area contributed by atoms with Gasteiger partial charge in [-0.2, -0.15) is 0 Å². The van der Waals surface area contributed by atoms with Gasteiger partial charge < -0.3 is 15.2 Å². The Morgan fingerprint density at radius 1 is 0.694 bits per heavy atom. The number of aromatic hydroxyl groups is 1. The van der Waals surface area contributed by atoms with Crippen LogP contribution >= 0.6 is 0 Å². The van der Waals surface area contributed by atoms with Crippen LogP contribution in [0.3, 0.4) is 0 Å². The molecule has 0 fully saturated rings. The third kappa shape index (κ3) is 49.4. The van der Waals surface area contributed by atoms with Crippen molar-refractivity contribution in [3.05, 3.63) is 101 Å². The molecule has 0 radical (unpaired) electrons. The zero-order valence-corrected chi connectivity index (χ0v) is 35.8. The van der Waals surface area contributed by atoms with Crippen molar-refractivity contribution in [3.8, 4) is 5.75 Å². The standard InChI is InChI=1S/C15H22.C10H14O.C6H13N.C5H10.C4H10.C2H4O.2C2H6/c1-12(2)7-5-6-8-15-10-9-13(3)11-14(15)4;1-3-4-9-6-5-8(2)7-10(9)11;1-4-6(3)7-5-2;1-4-5(2)3;1-3-4-2;1-2-3;2*1-2/h9-11H,1,5-8H2,2-4H3;5-7,11H,3-4H2,1-2H3;7H,3-5H2,1-2H3;2,4H2,1,3H3;3-4H2,1-2H3;2H,1H3;2*1-2H3. The Bertz CT molecular complexity index is 1020. The fourth-order valence-corrected chi connectivity index (χ4v) is 3.40. The first-order valence-corrected chi connectivity index (χ1v) is 19.2. The highest BCUT2D eigenvalue weighted by Gasteiger charge is 1.99. The second kappa shape index (κ2) is 47.0. The average molecular weight is 684 g/mol. The maximum absolute atomic E-state index is 9.42. The van der Waals surface area contributed by atoms with Crippen LogP contribution in [0.5, 0.6) is 5.75 Å². The number of hydrogen-bond donors (Lipinski definition) is 2. The second-order valence-electron chi connectivity index (χ2n) is 11.5. The Balaban J connectivity index is -0.000000120. The van der Waals surface area contributed by atoms with Crippen molar-refractivity contribution < 1.29 is 9.90 Å². The Morgan fingerprint density at radius 3 is 1.45 bits per heavy atom. The lowest BCUT2D eigenvalue weighted by atomic mass is 9.99. The van der Waals surface area contributed by atoms with E-state index in [1.165, 1.54) is 73.3 Å². The van der Waals surface area contributed by atoms with Gasteiger partial charge in [-0.1, -0.05) is 135 Å². The molecule has 286 valence electrons. The van der Waals surface area contributed by atoms with Crippen LogP contribution in [0.1, 0.15) is 169 Å². The van der Waals surface area contributed by atoms with Crippen molar-refractivity contribution in [2.75, 3.05) is 6.54 Å². The molecular weight excluding hydrogens is 599 g/mol. The summed E-state index contributed by atoms with van der Waals surface area (Å²) in [5.74, 6) is 0.437. The largest absolute Gasteiger partial charge is 0.508 e. The van der Waals surface area contributed by atoms with Crippen molar-refractivity contribution in [3.63, 3.8) is 0 Å². The van der Waals surface area contributed by atoms with Crippen LogP contribution in [0.4, 0.5) is 0 Å². The fourth-order valence-electron chi connectivity index (χ4n) is 3.40. The van der Waals surface area contributed by atoms with E-state index in [1.807, 2.05) is 59.7 Å². The number of aldehydes is 1. The first kappa shape index (κ1) is 58.2. The highest BCUT2D eigenvalue weighted by atomic mass is 16.3. The van der Waals surface area contributed by atoms with Crippen LogP contribution < -0.4 is 5.32 Å². The number of nitrogens with one attached hydrogen (secondary N) is 1. The highest BCUT2D eigenvalue weighted by Crippen LogP contribution is 2.19. The van der Waals surface area contributed by atoms with Gasteiger partial charge in [0.1, 0.15) is 12.0 Å². The first-order chi connectivity index (χ1) is 23.2. The predicted octanol–water partition coefficient (Wildman–Crippen LogP) is 14.8. The van der Waals surface area contributed by atoms with E-state index >= 15 is 0 Å². The molecule has 2 aromatic carbocycles. The lowest BCUT2D eigenvalue weighted by Crippen LogP contribution is -2.09. The van der Waals surface area contributed by atoms with E-state index in [0.717, 1.165) is 55.3 Å². The van der Waals surface area contributed by atoms with Crippen molar-refractivity contribution in [1.29, 1.82) is 0 Å². The monoisotopic (exact) mass is 684 g/mol. The van der Waals surface area contributed by atoms with Gasteiger partial charge in [-0.05, 0) is 122 Å². The lowest BCUT2D eigenvalue weighted by Gasteiger charge is -2.06. The van der Waals surface area contributed by atoms with E-state index in [4.69, 9.17) is 4.79 Å². The van der Waals surface area contributed by atoms with Gasteiger partial charge in [0.2, 0.25) is 0 Å². The van der Waals surface area contributed by atoms with E-state index in [9.17, 15) is 5.11 Å². The maximum atomic E-state index is 9.42. The van der Waals surface area contributed by atoms with Crippen LogP contribution in [0.25, 0.3) is 0 Å². The summed E-state index contributed by atoms with van der Waals surface area (Å²) in [5.41, 5.74) is 10.1. The minimum Gasteiger partial charge on any atom is -0.508 e. The Morgan fingerprint density at radius 2 is 1.14 bits per heavy atom. The molecule has 0 bridgehead atoms. The molecule has 0 heterocycles. The molecule has 0 spiro atoms. The van der Waals surface area contributed by atoms with Gasteiger partial charge in [-0.15, -0.1) is 13.2 Å². The van der Waals surface area contributed by atoms with Gasteiger partial charge in [-0.3, -0.25) is 0 Å². The van der Waals surface area contributed by atoms with Crippen LogP contribution in [-0.4, -0.2) is 17.9 Å². The molecule has 3 nitrogen and oxygen atoms in total. The molecule has 0 amide bonds. The number of carbonyl (C=O) groups is 1. The third-order valence-electron chi connectivity index (χ3n) is 6.52. The van der Waals surface area contributed by atoms with Gasteiger partial charge in [0.05, 0.1) is 0 Å². The van der Waals surface area contributed by atoms with E-state index in [1.54, 1.807) is 0 Å². The molecule has 49 heavy (non-hydrogen) atoms. The Labute approximate surface area is 308 Å². The third-order valence-corrected chi connectivity index (χ3v) is 6.52. The summed E-state index contributed by atoms with van der Waals surface area (Å²) in [7, 11) is 0. The summed E-state index contributed by atoms with van der Waals surface area (Å²) >= 11 is 0. The van der Waals surface area contributed by atoms with Gasteiger partial charge in [-0.25, -0.2) is 0 Å². The van der Waals surface area contributed by atoms with Crippen LogP contribution in [0, 0.1) is 20.8 Å². The Kier molecular flexibility index (Phi) is 55.8. The summed E-state index contributed by atoms with van der Waals surface area (Å²) in [4.78, 5) is 8.81. The number of carbonyl (C=O) groups excluding carboxylic acids is 1. The molecule has 0 aliphatic heterocycles. The molecule has 0 atom stereocenters. The van der Waals surface area contributed by atoms with Gasteiger partial charge in [0, 0.05) is 12.2 Å². The van der Waals surface area contributed by atoms with Crippen molar-refractivity contribution >= 4 is 6.29 Å². The first-order valence-electron chi connectivity index (χ1n) is 19.2. The molecule has 0 aliphatic rings. The van der Waals surface area contributed by atoms with E-state index < -0.39 is 0 Å². The highest BCUT2D eigenvalue weighted by molar-refractivity contribution is 5.44. The molecule has 3 heteroatoms. The zero-order chi connectivity index (χ0) is 39.6. The normalized spacial score (nSPS) is 8.49. The quantitative estimate of drug-likeness (QED) is 0.133. The van der Waals surface area contributed by atoms with Crippen molar-refractivity contribution in [1.82, 2.24) is 5.32 Å². The summed E-state index contributed by atoms with van der Waals surface area (Å²) < 4.78 is 0. The predicted molar refractivity (Wildman–Crippen MR) is 228 cm³/mol. The zero-order valence-electron chi connectivity index (χ0n) is 35.8. The topological polar surface area (TPSA) is 49.3 Å². The minimum atomic E-state index is 0.437. The molecule has 0 aromatic heterocycles. The van der Waals surface area contributed by atoms with Gasteiger partial charge in [0.25, 0.3) is 0 Å². The second-order valence-corrected chi connectivity index (χ2v) is 11.5. The molecule has 0 saturated heterocycles. The van der Waals surface area contributed by atoms with Crippen LogP contribution in [0.2, 0.25) is 0 Å². The number of hydrogen-bond acceptors (Lipinski definition) is 3. The number of aryl methyl sites for hydroxylation is 5. The SMILES string of the molecule is C=C(C)CC.C=C(C)CCCCc1ccc(C)cc1C.C=C(CC)NCC.CC.CC.CC=O.CCCC.CCCc1ccc(C)cc1O. The smallest absolute Gasteiger partial charge is 0.119 e. The molecule has 2 N–H and O–H groups in total. The Hall–Kier alpha value is -3.07. The molecule has 2 aromatic rings. The molecule has 0 saturated carbocycles. The van der Waals surface area contributed by atoms with E-state index in [2.05, 4.69) is 106 Å². The van der Waals surface area contributed by atoms with Crippen molar-refractivity contribution in [2.24, 2.45) is 0 Å². The molecule has 2 rings (SSSR count). The number of phenols is 1. The van der Waals surface area contributed by atoms with E-state index in [0.29, 0.717) is 5.75 Å². The van der Waals surface area contributed by atoms with Crippen molar-refractivity contribution in [2.45, 2.75) is 175 Å². The maximum Gasteiger partial charge on any atom is 0.119 e. The summed E-state index contributed by atoms with van der Waals surface area (Å²) in [6, 6.07) is 12.6. The summed E-state index contributed by atoms with van der Waals surface area (Å²) in [5, 5.41) is 12.5.